The molecule has 0 fully saturated rings. The lowest BCUT2D eigenvalue weighted by Crippen LogP contribution is -2.12. The number of ether oxygens (including phenoxy) is 2. The first kappa shape index (κ1) is 20.2. The average molecular weight is 415 g/mol. The number of nitrogens with one attached hydrogen (secondary N) is 1. The van der Waals surface area contributed by atoms with E-state index in [4.69, 9.17) is 13.9 Å². The van der Waals surface area contributed by atoms with Crippen LogP contribution in [0, 0.1) is 6.92 Å². The third-order valence-electron chi connectivity index (χ3n) is 5.04. The Kier molecular flexibility index (Phi) is 5.45. The van der Waals surface area contributed by atoms with Gasteiger partial charge in [-0.25, -0.2) is 0 Å². The fourth-order valence-electron chi connectivity index (χ4n) is 3.40. The van der Waals surface area contributed by atoms with Crippen LogP contribution < -0.4 is 20.2 Å². The van der Waals surface area contributed by atoms with Gasteiger partial charge in [0.25, 0.3) is 5.91 Å². The van der Waals surface area contributed by atoms with Crippen molar-refractivity contribution in [3.05, 3.63) is 88.1 Å². The number of hydrogen-bond donors (Lipinski definition) is 1. The predicted octanol–water partition coefficient (Wildman–Crippen LogP) is 5.04. The van der Waals surface area contributed by atoms with Crippen molar-refractivity contribution in [1.82, 2.24) is 0 Å². The number of fused-ring (bicyclic) bond motifs is 1. The Hall–Kier alpha value is -4.06. The molecule has 1 N–H and O–H groups in total. The Morgan fingerprint density at radius 3 is 2.42 bits per heavy atom. The van der Waals surface area contributed by atoms with Crippen molar-refractivity contribution in [2.45, 2.75) is 6.92 Å². The number of carbonyl (C=O) groups is 1. The average Bonchev–Trinajstić information content (AvgIpc) is 2.79. The quantitative estimate of drug-likeness (QED) is 0.494. The number of hydrogen-bond acceptors (Lipinski definition) is 5. The third-order valence-corrected chi connectivity index (χ3v) is 5.04. The highest BCUT2D eigenvalue weighted by molar-refractivity contribution is 6.05. The molecule has 4 aromatic rings. The molecule has 1 amide bonds. The van der Waals surface area contributed by atoms with Gasteiger partial charge < -0.3 is 19.2 Å². The number of aryl methyl sites for hydroxylation is 1. The standard InChI is InChI=1S/C25H21NO5/c1-15-6-4-5-7-18(15)23-14-20(27)19-13-17(9-11-21(19)31-23)26-25(28)16-8-10-22(29-2)24(12-16)30-3/h4-14H,1-3H3,(H,26,28). The molecule has 0 aliphatic heterocycles. The summed E-state index contributed by atoms with van der Waals surface area (Å²) in [6.45, 7) is 1.96. The summed E-state index contributed by atoms with van der Waals surface area (Å²) in [4.78, 5) is 25.4. The topological polar surface area (TPSA) is 77.8 Å². The second-order valence-electron chi connectivity index (χ2n) is 7.02. The van der Waals surface area contributed by atoms with Crippen molar-refractivity contribution in [3.8, 4) is 22.8 Å². The molecule has 6 heteroatoms. The Labute approximate surface area is 179 Å². The van der Waals surface area contributed by atoms with Gasteiger partial charge in [0.1, 0.15) is 11.3 Å². The second kappa shape index (κ2) is 8.36. The first-order valence-electron chi connectivity index (χ1n) is 9.67. The predicted molar refractivity (Wildman–Crippen MR) is 120 cm³/mol. The number of methoxy groups -OCH3 is 2. The van der Waals surface area contributed by atoms with Crippen molar-refractivity contribution >= 4 is 22.6 Å². The molecule has 0 radical (unpaired) electrons. The number of amides is 1. The molecule has 0 atom stereocenters. The highest BCUT2D eigenvalue weighted by Gasteiger charge is 2.13. The first-order valence-corrected chi connectivity index (χ1v) is 9.67. The first-order chi connectivity index (χ1) is 15.0. The minimum absolute atomic E-state index is 0.179. The summed E-state index contributed by atoms with van der Waals surface area (Å²) < 4.78 is 16.4. The second-order valence-corrected chi connectivity index (χ2v) is 7.02. The van der Waals surface area contributed by atoms with Crippen LogP contribution in [0.25, 0.3) is 22.3 Å². The highest BCUT2D eigenvalue weighted by atomic mass is 16.5. The van der Waals surface area contributed by atoms with Crippen LogP contribution in [-0.4, -0.2) is 20.1 Å². The Balaban J connectivity index is 1.65. The van der Waals surface area contributed by atoms with Crippen LogP contribution in [-0.2, 0) is 0 Å². The fourth-order valence-corrected chi connectivity index (χ4v) is 3.40. The van der Waals surface area contributed by atoms with Crippen LogP contribution in [0.4, 0.5) is 5.69 Å². The molecule has 0 bridgehead atoms. The molecular formula is C25H21NO5. The number of rotatable bonds is 5. The minimum atomic E-state index is -0.332. The molecule has 1 aromatic heterocycles. The SMILES string of the molecule is COc1ccc(C(=O)Nc2ccc3oc(-c4ccccc4C)cc(=O)c3c2)cc1OC. The minimum Gasteiger partial charge on any atom is -0.493 e. The maximum Gasteiger partial charge on any atom is 0.255 e. The lowest BCUT2D eigenvalue weighted by Gasteiger charge is -2.11. The van der Waals surface area contributed by atoms with Gasteiger partial charge in [0.05, 0.1) is 19.6 Å². The fraction of sp³-hybridized carbons (Fsp3) is 0.120. The molecule has 6 nitrogen and oxygen atoms in total. The van der Waals surface area contributed by atoms with E-state index in [-0.39, 0.29) is 11.3 Å². The summed E-state index contributed by atoms with van der Waals surface area (Å²) >= 11 is 0. The van der Waals surface area contributed by atoms with Crippen LogP contribution in [0.5, 0.6) is 11.5 Å². The highest BCUT2D eigenvalue weighted by Crippen LogP contribution is 2.29. The lowest BCUT2D eigenvalue weighted by molar-refractivity contribution is 0.102. The smallest absolute Gasteiger partial charge is 0.255 e. The molecule has 156 valence electrons. The van der Waals surface area contributed by atoms with E-state index in [9.17, 15) is 9.59 Å². The molecule has 1 heterocycles. The van der Waals surface area contributed by atoms with Gasteiger partial charge in [-0.1, -0.05) is 24.3 Å². The van der Waals surface area contributed by atoms with Crippen molar-refractivity contribution in [2.75, 3.05) is 19.5 Å². The van der Waals surface area contributed by atoms with Gasteiger partial charge in [0.2, 0.25) is 0 Å². The summed E-state index contributed by atoms with van der Waals surface area (Å²) in [5.74, 6) is 1.17. The number of benzene rings is 3. The van der Waals surface area contributed by atoms with E-state index in [1.54, 1.807) is 36.4 Å². The van der Waals surface area contributed by atoms with Gasteiger partial charge in [-0.2, -0.15) is 0 Å². The summed E-state index contributed by atoms with van der Waals surface area (Å²) in [5.41, 5.74) is 3.05. The molecule has 0 aliphatic carbocycles. The lowest BCUT2D eigenvalue weighted by atomic mass is 10.1. The Morgan fingerprint density at radius 1 is 0.903 bits per heavy atom. The molecular weight excluding hydrogens is 394 g/mol. The van der Waals surface area contributed by atoms with E-state index in [0.29, 0.717) is 39.5 Å². The van der Waals surface area contributed by atoms with Crippen molar-refractivity contribution in [3.63, 3.8) is 0 Å². The van der Waals surface area contributed by atoms with E-state index >= 15 is 0 Å². The van der Waals surface area contributed by atoms with E-state index in [0.717, 1.165) is 11.1 Å². The molecule has 0 saturated carbocycles. The van der Waals surface area contributed by atoms with Crippen LogP contribution in [0.15, 0.2) is 75.9 Å². The normalized spacial score (nSPS) is 10.7. The zero-order valence-corrected chi connectivity index (χ0v) is 17.4. The number of anilines is 1. The van der Waals surface area contributed by atoms with Crippen LogP contribution in [0.3, 0.4) is 0 Å². The summed E-state index contributed by atoms with van der Waals surface area (Å²) in [5, 5.41) is 3.20. The zero-order valence-electron chi connectivity index (χ0n) is 17.4. The van der Waals surface area contributed by atoms with Crippen LogP contribution >= 0.6 is 0 Å². The molecule has 3 aromatic carbocycles. The van der Waals surface area contributed by atoms with Crippen molar-refractivity contribution in [2.24, 2.45) is 0 Å². The molecule has 0 spiro atoms. The molecule has 0 unspecified atom stereocenters. The van der Waals surface area contributed by atoms with E-state index < -0.39 is 0 Å². The van der Waals surface area contributed by atoms with Gasteiger partial charge in [-0.15, -0.1) is 0 Å². The molecule has 31 heavy (non-hydrogen) atoms. The zero-order chi connectivity index (χ0) is 22.0. The summed E-state index contributed by atoms with van der Waals surface area (Å²) in [6.07, 6.45) is 0. The molecule has 4 rings (SSSR count). The number of carbonyl (C=O) groups excluding carboxylic acids is 1. The molecule has 0 saturated heterocycles. The van der Waals surface area contributed by atoms with Crippen LogP contribution in [0.1, 0.15) is 15.9 Å². The van der Waals surface area contributed by atoms with E-state index in [1.165, 1.54) is 20.3 Å². The monoisotopic (exact) mass is 415 g/mol. The summed E-state index contributed by atoms with van der Waals surface area (Å²) in [6, 6.07) is 19.1. The van der Waals surface area contributed by atoms with Gasteiger partial charge in [0, 0.05) is 22.9 Å². The van der Waals surface area contributed by atoms with Crippen molar-refractivity contribution in [1.29, 1.82) is 0 Å². The maximum absolute atomic E-state index is 12.7. The summed E-state index contributed by atoms with van der Waals surface area (Å²) in [7, 11) is 3.04. The molecule has 0 aliphatic rings. The van der Waals surface area contributed by atoms with Gasteiger partial charge in [-0.05, 0) is 48.9 Å². The van der Waals surface area contributed by atoms with Crippen LogP contribution in [0.2, 0.25) is 0 Å². The largest absolute Gasteiger partial charge is 0.493 e. The Bertz CT molecular complexity index is 1340. The van der Waals surface area contributed by atoms with E-state index in [2.05, 4.69) is 5.32 Å². The van der Waals surface area contributed by atoms with Gasteiger partial charge >= 0.3 is 0 Å². The van der Waals surface area contributed by atoms with Crippen molar-refractivity contribution < 1.29 is 18.7 Å². The van der Waals surface area contributed by atoms with E-state index in [1.807, 2.05) is 31.2 Å². The third kappa shape index (κ3) is 4.00. The van der Waals surface area contributed by atoms with Gasteiger partial charge in [-0.3, -0.25) is 9.59 Å². The maximum atomic E-state index is 12.7. The van der Waals surface area contributed by atoms with Gasteiger partial charge in [0.15, 0.2) is 16.9 Å². The Morgan fingerprint density at radius 2 is 1.68 bits per heavy atom.